The fourth-order valence-corrected chi connectivity index (χ4v) is 3.15. The first-order valence-corrected chi connectivity index (χ1v) is 8.43. The van der Waals surface area contributed by atoms with Crippen LogP contribution in [0.3, 0.4) is 0 Å². The number of nitrogens with one attached hydrogen (secondary N) is 2. The molecule has 0 spiro atoms. The summed E-state index contributed by atoms with van der Waals surface area (Å²) < 4.78 is 0. The summed E-state index contributed by atoms with van der Waals surface area (Å²) in [6.07, 6.45) is 0. The van der Waals surface area contributed by atoms with Gasteiger partial charge in [-0.1, -0.05) is 35.9 Å². The molecule has 6 nitrogen and oxygen atoms in total. The number of anilines is 1. The van der Waals surface area contributed by atoms with E-state index >= 15 is 0 Å². The second kappa shape index (κ2) is 7.00. The number of amides is 2. The number of aromatic nitrogens is 2. The maximum absolute atomic E-state index is 12.6. The van der Waals surface area contributed by atoms with E-state index in [1.807, 2.05) is 57.2 Å². The Morgan fingerprint density at radius 1 is 1.12 bits per heavy atom. The number of para-hydroxylation sites is 1. The molecule has 0 fully saturated rings. The van der Waals surface area contributed by atoms with Crippen LogP contribution in [0.15, 0.2) is 36.4 Å². The lowest BCUT2D eigenvalue weighted by Gasteiger charge is -2.18. The zero-order valence-electron chi connectivity index (χ0n) is 15.4. The number of carbonyl (C=O) groups is 2. The number of fused-ring (bicyclic) bond motifs is 1. The number of hydrogen-bond acceptors (Lipinski definition) is 3. The van der Waals surface area contributed by atoms with Gasteiger partial charge >= 0.3 is 0 Å². The smallest absolute Gasteiger partial charge is 0.275 e. The van der Waals surface area contributed by atoms with Crippen molar-refractivity contribution in [3.8, 4) is 0 Å². The lowest BCUT2D eigenvalue weighted by molar-refractivity contribution is -0.116. The Hall–Kier alpha value is -3.15. The predicted octanol–water partition coefficient (Wildman–Crippen LogP) is 3.20. The zero-order chi connectivity index (χ0) is 18.8. The Kier molecular flexibility index (Phi) is 4.75. The summed E-state index contributed by atoms with van der Waals surface area (Å²) in [5, 5.41) is 10.6. The van der Waals surface area contributed by atoms with Crippen molar-refractivity contribution in [1.29, 1.82) is 0 Å². The molecule has 0 saturated heterocycles. The van der Waals surface area contributed by atoms with Crippen molar-refractivity contribution >= 4 is 28.4 Å². The molecule has 2 amide bonds. The van der Waals surface area contributed by atoms with Crippen LogP contribution in [0.1, 0.15) is 27.2 Å². The molecule has 26 heavy (non-hydrogen) atoms. The van der Waals surface area contributed by atoms with E-state index in [4.69, 9.17) is 0 Å². The van der Waals surface area contributed by atoms with Crippen molar-refractivity contribution in [2.24, 2.45) is 0 Å². The fraction of sp³-hybridized carbons (Fsp3) is 0.250. The van der Waals surface area contributed by atoms with E-state index in [1.165, 1.54) is 4.90 Å². The molecular weight excluding hydrogens is 328 g/mol. The average Bonchev–Trinajstić information content (AvgIpc) is 3.01. The molecule has 0 aliphatic carbocycles. The van der Waals surface area contributed by atoms with Gasteiger partial charge in [0.2, 0.25) is 5.91 Å². The van der Waals surface area contributed by atoms with E-state index in [2.05, 4.69) is 15.5 Å². The Morgan fingerprint density at radius 3 is 2.46 bits per heavy atom. The van der Waals surface area contributed by atoms with E-state index in [0.29, 0.717) is 5.69 Å². The van der Waals surface area contributed by atoms with Gasteiger partial charge in [-0.25, -0.2) is 0 Å². The lowest BCUT2D eigenvalue weighted by atomic mass is 10.1. The summed E-state index contributed by atoms with van der Waals surface area (Å²) in [7, 11) is 1.60. The molecule has 2 N–H and O–H groups in total. The fourth-order valence-electron chi connectivity index (χ4n) is 3.15. The van der Waals surface area contributed by atoms with Crippen LogP contribution >= 0.6 is 0 Å². The van der Waals surface area contributed by atoms with Crippen LogP contribution in [0.4, 0.5) is 5.69 Å². The summed E-state index contributed by atoms with van der Waals surface area (Å²) in [6, 6.07) is 11.5. The van der Waals surface area contributed by atoms with Crippen molar-refractivity contribution < 1.29 is 9.59 Å². The normalized spacial score (nSPS) is 10.8. The van der Waals surface area contributed by atoms with E-state index in [1.54, 1.807) is 7.05 Å². The SMILES string of the molecule is Cc1cc(C)c(NC(=O)CN(C)C(=O)c2n[nH]c3ccccc23)c(C)c1. The number of aromatic amines is 1. The van der Waals surface area contributed by atoms with Crippen LogP contribution < -0.4 is 5.32 Å². The Bertz CT molecular complexity index is 967. The molecule has 0 atom stereocenters. The van der Waals surface area contributed by atoms with Crippen LogP contribution in [0, 0.1) is 20.8 Å². The first-order valence-electron chi connectivity index (χ1n) is 8.43. The summed E-state index contributed by atoms with van der Waals surface area (Å²) in [5.41, 5.74) is 5.06. The molecule has 6 heteroatoms. The number of carbonyl (C=O) groups excluding carboxylic acids is 2. The molecule has 2 aromatic carbocycles. The van der Waals surface area contributed by atoms with Crippen molar-refractivity contribution in [2.75, 3.05) is 18.9 Å². The molecule has 1 heterocycles. The second-order valence-corrected chi connectivity index (χ2v) is 6.60. The molecule has 0 bridgehead atoms. The minimum atomic E-state index is -0.296. The Balaban J connectivity index is 1.72. The quantitative estimate of drug-likeness (QED) is 0.758. The third-order valence-electron chi connectivity index (χ3n) is 4.34. The van der Waals surface area contributed by atoms with Gasteiger partial charge in [0.15, 0.2) is 5.69 Å². The molecule has 0 unspecified atom stereocenters. The molecule has 3 aromatic rings. The lowest BCUT2D eigenvalue weighted by Crippen LogP contribution is -2.35. The van der Waals surface area contributed by atoms with E-state index < -0.39 is 0 Å². The number of nitrogens with zero attached hydrogens (tertiary/aromatic N) is 2. The van der Waals surface area contributed by atoms with Gasteiger partial charge in [-0.3, -0.25) is 14.7 Å². The summed E-state index contributed by atoms with van der Waals surface area (Å²) in [6.45, 7) is 5.89. The standard InChI is InChI=1S/C20H22N4O2/c1-12-9-13(2)18(14(3)10-12)21-17(25)11-24(4)20(26)19-15-7-5-6-8-16(15)22-23-19/h5-10H,11H2,1-4H3,(H,21,25)(H,22,23). The van der Waals surface area contributed by atoms with Gasteiger partial charge in [-0.05, 0) is 38.0 Å². The summed E-state index contributed by atoms with van der Waals surface area (Å²) >= 11 is 0. The highest BCUT2D eigenvalue weighted by atomic mass is 16.2. The maximum Gasteiger partial charge on any atom is 0.275 e. The topological polar surface area (TPSA) is 78.1 Å². The number of aryl methyl sites for hydroxylation is 3. The maximum atomic E-state index is 12.6. The van der Waals surface area contributed by atoms with Crippen LogP contribution in [0.2, 0.25) is 0 Å². The van der Waals surface area contributed by atoms with Crippen molar-refractivity contribution in [2.45, 2.75) is 20.8 Å². The molecule has 3 rings (SSSR count). The molecular formula is C20H22N4O2. The van der Waals surface area contributed by atoms with Crippen molar-refractivity contribution in [3.05, 3.63) is 58.8 Å². The third-order valence-corrected chi connectivity index (χ3v) is 4.34. The molecule has 134 valence electrons. The highest BCUT2D eigenvalue weighted by Crippen LogP contribution is 2.22. The van der Waals surface area contributed by atoms with Crippen LogP contribution in [-0.4, -0.2) is 40.5 Å². The van der Waals surface area contributed by atoms with Crippen molar-refractivity contribution in [3.63, 3.8) is 0 Å². The van der Waals surface area contributed by atoms with E-state index in [-0.39, 0.29) is 18.4 Å². The minimum Gasteiger partial charge on any atom is -0.331 e. The number of benzene rings is 2. The number of H-pyrrole nitrogens is 1. The van der Waals surface area contributed by atoms with E-state index in [9.17, 15) is 9.59 Å². The first kappa shape index (κ1) is 17.7. The Morgan fingerprint density at radius 2 is 1.77 bits per heavy atom. The number of likely N-dealkylation sites (N-methyl/N-ethyl adjacent to an activating group) is 1. The second-order valence-electron chi connectivity index (χ2n) is 6.60. The average molecular weight is 350 g/mol. The predicted molar refractivity (Wildman–Crippen MR) is 102 cm³/mol. The molecule has 0 aliphatic rings. The van der Waals surface area contributed by atoms with Crippen molar-refractivity contribution in [1.82, 2.24) is 15.1 Å². The van der Waals surface area contributed by atoms with Crippen LogP contribution in [-0.2, 0) is 4.79 Å². The van der Waals surface area contributed by atoms with E-state index in [0.717, 1.165) is 33.3 Å². The zero-order valence-corrected chi connectivity index (χ0v) is 15.4. The van der Waals surface area contributed by atoms with Crippen LogP contribution in [0.5, 0.6) is 0 Å². The third kappa shape index (κ3) is 3.44. The number of hydrogen-bond donors (Lipinski definition) is 2. The molecule has 0 radical (unpaired) electrons. The monoisotopic (exact) mass is 350 g/mol. The minimum absolute atomic E-state index is 0.0488. The Labute approximate surface area is 152 Å². The van der Waals surface area contributed by atoms with Gasteiger partial charge in [-0.2, -0.15) is 5.10 Å². The van der Waals surface area contributed by atoms with Gasteiger partial charge in [0, 0.05) is 18.1 Å². The van der Waals surface area contributed by atoms with Gasteiger partial charge < -0.3 is 10.2 Å². The van der Waals surface area contributed by atoms with Gasteiger partial charge in [-0.15, -0.1) is 0 Å². The van der Waals surface area contributed by atoms with Crippen LogP contribution in [0.25, 0.3) is 10.9 Å². The highest BCUT2D eigenvalue weighted by Gasteiger charge is 2.20. The largest absolute Gasteiger partial charge is 0.331 e. The molecule has 1 aromatic heterocycles. The first-order chi connectivity index (χ1) is 12.4. The molecule has 0 saturated carbocycles. The number of rotatable bonds is 4. The molecule has 0 aliphatic heterocycles. The highest BCUT2D eigenvalue weighted by molar-refractivity contribution is 6.06. The summed E-state index contributed by atoms with van der Waals surface area (Å²) in [5.74, 6) is -0.536. The summed E-state index contributed by atoms with van der Waals surface area (Å²) in [4.78, 5) is 26.4. The van der Waals surface area contributed by atoms with Gasteiger partial charge in [0.1, 0.15) is 0 Å². The van der Waals surface area contributed by atoms with Gasteiger partial charge in [0.05, 0.1) is 12.1 Å². The van der Waals surface area contributed by atoms with Gasteiger partial charge in [0.25, 0.3) is 5.91 Å².